The Hall–Kier alpha value is -1.43. The normalized spacial score (nSPS) is 21.0. The highest BCUT2D eigenvalue weighted by Gasteiger charge is 2.27. The second-order valence-corrected chi connectivity index (χ2v) is 5.76. The van der Waals surface area contributed by atoms with E-state index in [-0.39, 0.29) is 12.1 Å². The predicted molar refractivity (Wildman–Crippen MR) is 75.0 cm³/mol. The van der Waals surface area contributed by atoms with Crippen molar-refractivity contribution in [3.05, 3.63) is 11.9 Å². The number of hydrogen-bond acceptors (Lipinski definition) is 5. The van der Waals surface area contributed by atoms with Gasteiger partial charge in [0.1, 0.15) is 11.4 Å². The number of rotatable bonds is 3. The van der Waals surface area contributed by atoms with Crippen LogP contribution < -0.4 is 16.6 Å². The molecular weight excluding hydrogens is 244 g/mol. The molecule has 110 valence electrons. The number of nitrogens with one attached hydrogen (secondary N) is 2. The summed E-state index contributed by atoms with van der Waals surface area (Å²) in [5, 5.41) is 3.28. The highest BCUT2D eigenvalue weighted by Crippen LogP contribution is 2.15. The minimum Gasteiger partial charge on any atom is -0.444 e. The molecule has 1 atom stereocenters. The number of nitrogens with zero attached hydrogens (tertiary/aromatic N) is 1. The molecule has 4 N–H and O–H groups in total. The molecule has 0 aliphatic carbocycles. The molecule has 1 fully saturated rings. The zero-order valence-corrected chi connectivity index (χ0v) is 12.3. The quantitative estimate of drug-likeness (QED) is 0.532. The van der Waals surface area contributed by atoms with Gasteiger partial charge in [0.05, 0.1) is 0 Å². The Labute approximate surface area is 115 Å². The van der Waals surface area contributed by atoms with Crippen LogP contribution >= 0.6 is 0 Å². The summed E-state index contributed by atoms with van der Waals surface area (Å²) in [4.78, 5) is 13.8. The van der Waals surface area contributed by atoms with Crippen LogP contribution in [0.2, 0.25) is 0 Å². The van der Waals surface area contributed by atoms with E-state index in [4.69, 9.17) is 10.6 Å². The molecule has 1 saturated heterocycles. The number of nitrogens with two attached hydrogens (primary N) is 1. The molecule has 19 heavy (non-hydrogen) atoms. The van der Waals surface area contributed by atoms with Crippen LogP contribution in [0, 0.1) is 0 Å². The Morgan fingerprint density at radius 1 is 1.47 bits per heavy atom. The number of likely N-dealkylation sites (tertiary alicyclic amines) is 1. The highest BCUT2D eigenvalue weighted by molar-refractivity contribution is 5.68. The molecule has 1 amide bonds. The first kappa shape index (κ1) is 15.6. The van der Waals surface area contributed by atoms with Crippen molar-refractivity contribution in [3.8, 4) is 0 Å². The largest absolute Gasteiger partial charge is 0.444 e. The van der Waals surface area contributed by atoms with Gasteiger partial charge in [-0.3, -0.25) is 0 Å². The average molecular weight is 270 g/mol. The first-order chi connectivity index (χ1) is 8.85. The van der Waals surface area contributed by atoms with Gasteiger partial charge in [0, 0.05) is 19.1 Å². The van der Waals surface area contributed by atoms with Gasteiger partial charge in [0.25, 0.3) is 0 Å². The molecule has 0 bridgehead atoms. The van der Waals surface area contributed by atoms with Crippen molar-refractivity contribution in [1.82, 2.24) is 15.6 Å². The number of amides is 1. The van der Waals surface area contributed by atoms with Crippen molar-refractivity contribution < 1.29 is 9.53 Å². The number of hydrogen-bond donors (Lipinski definition) is 3. The van der Waals surface area contributed by atoms with Crippen LogP contribution in [0.25, 0.3) is 0 Å². The highest BCUT2D eigenvalue weighted by atomic mass is 16.6. The third kappa shape index (κ3) is 5.38. The van der Waals surface area contributed by atoms with E-state index >= 15 is 0 Å². The minimum atomic E-state index is -0.454. The van der Waals surface area contributed by atoms with Crippen molar-refractivity contribution in [1.29, 1.82) is 0 Å². The van der Waals surface area contributed by atoms with Crippen LogP contribution in [-0.2, 0) is 4.74 Å². The van der Waals surface area contributed by atoms with Crippen molar-refractivity contribution >= 4 is 6.09 Å². The van der Waals surface area contributed by atoms with E-state index in [1.807, 2.05) is 33.8 Å². The molecule has 0 spiro atoms. The van der Waals surface area contributed by atoms with Gasteiger partial charge in [-0.05, 0) is 46.6 Å². The maximum Gasteiger partial charge on any atom is 0.410 e. The summed E-state index contributed by atoms with van der Waals surface area (Å²) in [6.45, 7) is 8.90. The number of hydrazine groups is 1. The fraction of sp³-hybridized carbons (Fsp3) is 0.769. The minimum absolute atomic E-state index is 0.198. The van der Waals surface area contributed by atoms with Crippen LogP contribution in [-0.4, -0.2) is 35.7 Å². The maximum atomic E-state index is 12.0. The van der Waals surface area contributed by atoms with E-state index in [1.165, 1.54) is 0 Å². The van der Waals surface area contributed by atoms with Crippen LogP contribution in [0.4, 0.5) is 4.79 Å². The van der Waals surface area contributed by atoms with Crippen molar-refractivity contribution in [2.24, 2.45) is 5.84 Å². The maximum absolute atomic E-state index is 12.0. The summed E-state index contributed by atoms with van der Waals surface area (Å²) in [6.07, 6.45) is 3.59. The monoisotopic (exact) mass is 270 g/mol. The molecule has 0 aromatic rings. The molecule has 6 heteroatoms. The molecule has 0 aromatic heterocycles. The summed E-state index contributed by atoms with van der Waals surface area (Å²) in [6, 6.07) is 0.198. The predicted octanol–water partition coefficient (Wildman–Crippen LogP) is 1.30. The lowest BCUT2D eigenvalue weighted by Gasteiger charge is -2.35. The lowest BCUT2D eigenvalue weighted by Crippen LogP contribution is -2.50. The topological polar surface area (TPSA) is 79.6 Å². The smallest absolute Gasteiger partial charge is 0.410 e. The lowest BCUT2D eigenvalue weighted by atomic mass is 10.1. The first-order valence-corrected chi connectivity index (χ1v) is 6.73. The van der Waals surface area contributed by atoms with Gasteiger partial charge in [-0.1, -0.05) is 0 Å². The van der Waals surface area contributed by atoms with Gasteiger partial charge in [-0.2, -0.15) is 0 Å². The van der Waals surface area contributed by atoms with Crippen LogP contribution in [0.3, 0.4) is 0 Å². The van der Waals surface area contributed by atoms with E-state index in [9.17, 15) is 4.79 Å². The third-order valence-corrected chi connectivity index (χ3v) is 2.88. The Morgan fingerprint density at radius 3 is 2.68 bits per heavy atom. The van der Waals surface area contributed by atoms with Crippen LogP contribution in [0.15, 0.2) is 11.9 Å². The number of ether oxygens (including phenoxy) is 1. The second-order valence-electron chi connectivity index (χ2n) is 5.76. The molecule has 1 aliphatic rings. The lowest BCUT2D eigenvalue weighted by molar-refractivity contribution is 0.0190. The van der Waals surface area contributed by atoms with Gasteiger partial charge in [-0.15, -0.1) is 0 Å². The van der Waals surface area contributed by atoms with E-state index < -0.39 is 5.60 Å². The molecule has 0 radical (unpaired) electrons. The third-order valence-electron chi connectivity index (χ3n) is 2.88. The summed E-state index contributed by atoms with van der Waals surface area (Å²) >= 11 is 0. The molecule has 1 heterocycles. The van der Waals surface area contributed by atoms with E-state index in [2.05, 4.69) is 10.7 Å². The van der Waals surface area contributed by atoms with Crippen molar-refractivity contribution in [2.75, 3.05) is 13.1 Å². The molecule has 0 aromatic carbocycles. The van der Waals surface area contributed by atoms with Crippen molar-refractivity contribution in [2.45, 2.75) is 52.2 Å². The average Bonchev–Trinajstić information content (AvgIpc) is 2.34. The molecule has 1 unspecified atom stereocenters. The SMILES string of the molecule is C/C=C(\NN)NC1CCCN(C(=O)OC(C)(C)C)C1. The molecule has 0 saturated carbocycles. The number of piperidine rings is 1. The summed E-state index contributed by atoms with van der Waals surface area (Å²) in [5.74, 6) is 6.17. The Bertz CT molecular complexity index is 336. The number of allylic oxidation sites excluding steroid dienone is 1. The fourth-order valence-corrected chi connectivity index (χ4v) is 2.02. The zero-order valence-electron chi connectivity index (χ0n) is 12.3. The van der Waals surface area contributed by atoms with E-state index in [1.54, 1.807) is 4.90 Å². The zero-order chi connectivity index (χ0) is 14.5. The Morgan fingerprint density at radius 2 is 2.16 bits per heavy atom. The van der Waals surface area contributed by atoms with Gasteiger partial charge in [0.2, 0.25) is 0 Å². The molecular formula is C13H26N4O2. The summed E-state index contributed by atoms with van der Waals surface area (Å²) in [5.41, 5.74) is 2.14. The Kier molecular flexibility index (Phi) is 5.47. The number of carbonyl (C=O) groups is 1. The van der Waals surface area contributed by atoms with Gasteiger partial charge in [-0.25, -0.2) is 10.6 Å². The van der Waals surface area contributed by atoms with Crippen LogP contribution in [0.5, 0.6) is 0 Å². The number of carbonyl (C=O) groups excluding carboxylic acids is 1. The standard InChI is InChI=1S/C13H26N4O2/c1-5-11(16-14)15-10-7-6-8-17(9-10)12(18)19-13(2,3)4/h5,10,15-16H,6-9,14H2,1-4H3/b11-5-. The fourth-order valence-electron chi connectivity index (χ4n) is 2.02. The molecule has 6 nitrogen and oxygen atoms in total. The molecule has 1 rings (SSSR count). The second kappa shape index (κ2) is 6.65. The van der Waals surface area contributed by atoms with Gasteiger partial charge >= 0.3 is 6.09 Å². The van der Waals surface area contributed by atoms with Gasteiger partial charge in [0.15, 0.2) is 0 Å². The van der Waals surface area contributed by atoms with E-state index in [0.29, 0.717) is 6.54 Å². The van der Waals surface area contributed by atoms with E-state index in [0.717, 1.165) is 25.2 Å². The summed E-state index contributed by atoms with van der Waals surface area (Å²) < 4.78 is 5.39. The Balaban J connectivity index is 2.52. The van der Waals surface area contributed by atoms with Crippen molar-refractivity contribution in [3.63, 3.8) is 0 Å². The van der Waals surface area contributed by atoms with Crippen LogP contribution in [0.1, 0.15) is 40.5 Å². The molecule has 1 aliphatic heterocycles. The van der Waals surface area contributed by atoms with Gasteiger partial charge < -0.3 is 20.4 Å². The summed E-state index contributed by atoms with van der Waals surface area (Å²) in [7, 11) is 0. The first-order valence-electron chi connectivity index (χ1n) is 6.73.